The molecule has 0 amide bonds. The Morgan fingerprint density at radius 3 is 2.56 bits per heavy atom. The summed E-state index contributed by atoms with van der Waals surface area (Å²) in [6, 6.07) is 3.89. The molecule has 1 aromatic carbocycles. The molecule has 2 rings (SSSR count). The van der Waals surface area contributed by atoms with E-state index >= 15 is 0 Å². The first-order valence-corrected chi connectivity index (χ1v) is 7.35. The standard InChI is InChI=1S/C16H18O9/c17-8-24-16(23)6-12(20)15(22)13(7-16)25-14(21)4-2-9-1-3-10(18)11(19)5-9/h1-5,8,12-13,15,18-20,22-23H,6-7H2. The number of aliphatic hydroxyl groups is 3. The SMILES string of the molecule is O=COC1(O)CC(O)C(O)C(OC(=O)C=Cc2ccc(O)c(O)c2)C1. The van der Waals surface area contributed by atoms with E-state index in [9.17, 15) is 35.1 Å². The quantitative estimate of drug-likeness (QED) is 0.153. The molecule has 4 atom stereocenters. The van der Waals surface area contributed by atoms with Gasteiger partial charge in [0.15, 0.2) is 11.5 Å². The minimum atomic E-state index is -2.04. The van der Waals surface area contributed by atoms with Crippen molar-refractivity contribution < 1.29 is 44.6 Å². The van der Waals surface area contributed by atoms with E-state index < -0.39 is 42.9 Å². The van der Waals surface area contributed by atoms with E-state index in [1.54, 1.807) is 0 Å². The fourth-order valence-electron chi connectivity index (χ4n) is 2.51. The van der Waals surface area contributed by atoms with E-state index in [2.05, 4.69) is 4.74 Å². The van der Waals surface area contributed by atoms with Crippen LogP contribution in [0.25, 0.3) is 6.08 Å². The molecule has 5 N–H and O–H groups in total. The minimum Gasteiger partial charge on any atom is -0.504 e. The third-order valence-corrected chi connectivity index (χ3v) is 3.77. The van der Waals surface area contributed by atoms with Crippen molar-refractivity contribution in [3.05, 3.63) is 29.8 Å². The lowest BCUT2D eigenvalue weighted by atomic mass is 9.87. The molecular weight excluding hydrogens is 336 g/mol. The molecule has 136 valence electrons. The van der Waals surface area contributed by atoms with Gasteiger partial charge in [0.05, 0.1) is 12.5 Å². The van der Waals surface area contributed by atoms with E-state index in [1.807, 2.05) is 0 Å². The molecular formula is C16H18O9. The number of benzene rings is 1. The second-order valence-corrected chi connectivity index (χ2v) is 5.68. The minimum absolute atomic E-state index is 0.000496. The van der Waals surface area contributed by atoms with Gasteiger partial charge in [-0.1, -0.05) is 6.07 Å². The van der Waals surface area contributed by atoms with Crippen LogP contribution in [0.15, 0.2) is 24.3 Å². The van der Waals surface area contributed by atoms with Gasteiger partial charge in [-0.05, 0) is 23.8 Å². The maximum absolute atomic E-state index is 11.9. The molecule has 9 heteroatoms. The van der Waals surface area contributed by atoms with E-state index in [1.165, 1.54) is 24.3 Å². The predicted octanol–water partition coefficient (Wildman–Crippen LogP) is -0.600. The molecule has 0 saturated heterocycles. The molecule has 1 aliphatic carbocycles. The first kappa shape index (κ1) is 18.7. The highest BCUT2D eigenvalue weighted by molar-refractivity contribution is 5.87. The second-order valence-electron chi connectivity index (χ2n) is 5.68. The Morgan fingerprint density at radius 1 is 1.20 bits per heavy atom. The molecule has 0 aliphatic heterocycles. The predicted molar refractivity (Wildman–Crippen MR) is 82.0 cm³/mol. The molecule has 25 heavy (non-hydrogen) atoms. The number of aliphatic hydroxyl groups excluding tert-OH is 2. The van der Waals surface area contributed by atoms with Crippen LogP contribution < -0.4 is 0 Å². The molecule has 1 aromatic rings. The number of hydrogen-bond donors (Lipinski definition) is 5. The maximum Gasteiger partial charge on any atom is 0.331 e. The van der Waals surface area contributed by atoms with Gasteiger partial charge in [0.2, 0.25) is 5.79 Å². The normalized spacial score (nSPS) is 29.3. The lowest BCUT2D eigenvalue weighted by Gasteiger charge is -2.39. The molecule has 0 bridgehead atoms. The second kappa shape index (κ2) is 7.51. The van der Waals surface area contributed by atoms with Crippen molar-refractivity contribution in [3.63, 3.8) is 0 Å². The van der Waals surface area contributed by atoms with Gasteiger partial charge in [-0.15, -0.1) is 0 Å². The number of carbonyl (C=O) groups is 2. The van der Waals surface area contributed by atoms with Gasteiger partial charge in [0, 0.05) is 12.5 Å². The molecule has 4 unspecified atom stereocenters. The average Bonchev–Trinajstić information content (AvgIpc) is 2.53. The Bertz CT molecular complexity index is 672. The van der Waals surface area contributed by atoms with Crippen molar-refractivity contribution in [2.75, 3.05) is 0 Å². The molecule has 0 aromatic heterocycles. The third kappa shape index (κ3) is 4.69. The molecule has 1 aliphatic rings. The third-order valence-electron chi connectivity index (χ3n) is 3.77. The molecule has 0 spiro atoms. The van der Waals surface area contributed by atoms with E-state index in [-0.39, 0.29) is 18.0 Å². The van der Waals surface area contributed by atoms with Crippen LogP contribution in [-0.2, 0) is 19.1 Å². The van der Waals surface area contributed by atoms with Crippen molar-refractivity contribution in [3.8, 4) is 11.5 Å². The zero-order valence-electron chi connectivity index (χ0n) is 13.0. The lowest BCUT2D eigenvalue weighted by Crippen LogP contribution is -2.54. The van der Waals surface area contributed by atoms with Gasteiger partial charge in [0.1, 0.15) is 12.2 Å². The van der Waals surface area contributed by atoms with E-state index in [4.69, 9.17) is 4.74 Å². The topological polar surface area (TPSA) is 154 Å². The number of ether oxygens (including phenoxy) is 2. The Kier molecular flexibility index (Phi) is 5.62. The zero-order chi connectivity index (χ0) is 18.6. The fraction of sp³-hybridized carbons (Fsp3) is 0.375. The van der Waals surface area contributed by atoms with Crippen molar-refractivity contribution >= 4 is 18.5 Å². The summed E-state index contributed by atoms with van der Waals surface area (Å²) in [6.07, 6.45) is -2.72. The Balaban J connectivity index is 2.03. The summed E-state index contributed by atoms with van der Waals surface area (Å²) in [5.41, 5.74) is 0.400. The van der Waals surface area contributed by atoms with Crippen LogP contribution in [0.4, 0.5) is 0 Å². The van der Waals surface area contributed by atoms with Crippen molar-refractivity contribution in [2.24, 2.45) is 0 Å². The number of phenols is 2. The van der Waals surface area contributed by atoms with Gasteiger partial charge in [-0.25, -0.2) is 4.79 Å². The number of carbonyl (C=O) groups excluding carboxylic acids is 2. The van der Waals surface area contributed by atoms with Crippen LogP contribution in [0.5, 0.6) is 11.5 Å². The Morgan fingerprint density at radius 2 is 1.92 bits per heavy atom. The average molecular weight is 354 g/mol. The first-order chi connectivity index (χ1) is 11.7. The van der Waals surface area contributed by atoms with Gasteiger partial charge in [-0.2, -0.15) is 0 Å². The number of phenolic OH excluding ortho intramolecular Hbond substituents is 2. The number of esters is 1. The molecule has 0 radical (unpaired) electrons. The van der Waals surface area contributed by atoms with Crippen LogP contribution in [0.3, 0.4) is 0 Å². The number of rotatable bonds is 5. The van der Waals surface area contributed by atoms with Gasteiger partial charge >= 0.3 is 5.97 Å². The smallest absolute Gasteiger partial charge is 0.331 e. The Hall–Kier alpha value is -2.62. The van der Waals surface area contributed by atoms with Crippen molar-refractivity contribution in [1.29, 1.82) is 0 Å². The summed E-state index contributed by atoms with van der Waals surface area (Å²) in [5, 5.41) is 48.2. The highest BCUT2D eigenvalue weighted by atomic mass is 16.6. The first-order valence-electron chi connectivity index (χ1n) is 7.35. The summed E-state index contributed by atoms with van der Waals surface area (Å²) in [5.74, 6) is -3.61. The van der Waals surface area contributed by atoms with E-state index in [0.717, 1.165) is 6.08 Å². The van der Waals surface area contributed by atoms with Crippen molar-refractivity contribution in [1.82, 2.24) is 0 Å². The molecule has 9 nitrogen and oxygen atoms in total. The van der Waals surface area contributed by atoms with Crippen LogP contribution in [0.2, 0.25) is 0 Å². The van der Waals surface area contributed by atoms with Crippen LogP contribution >= 0.6 is 0 Å². The highest BCUT2D eigenvalue weighted by Gasteiger charge is 2.47. The van der Waals surface area contributed by atoms with Crippen molar-refractivity contribution in [2.45, 2.75) is 36.9 Å². The number of hydrogen-bond acceptors (Lipinski definition) is 9. The summed E-state index contributed by atoms with van der Waals surface area (Å²) in [4.78, 5) is 22.3. The molecule has 1 fully saturated rings. The van der Waals surface area contributed by atoms with Gasteiger partial charge in [0.25, 0.3) is 6.47 Å². The summed E-state index contributed by atoms with van der Waals surface area (Å²) >= 11 is 0. The van der Waals surface area contributed by atoms with Crippen LogP contribution in [0.1, 0.15) is 18.4 Å². The van der Waals surface area contributed by atoms with Gasteiger partial charge in [-0.3, -0.25) is 4.79 Å². The summed E-state index contributed by atoms with van der Waals surface area (Å²) in [7, 11) is 0. The monoisotopic (exact) mass is 354 g/mol. The van der Waals surface area contributed by atoms with Crippen LogP contribution in [0, 0.1) is 0 Å². The summed E-state index contributed by atoms with van der Waals surface area (Å²) < 4.78 is 9.49. The molecule has 0 heterocycles. The van der Waals surface area contributed by atoms with Gasteiger partial charge < -0.3 is 35.0 Å². The zero-order valence-corrected chi connectivity index (χ0v) is 13.0. The number of aromatic hydroxyl groups is 2. The Labute approximate surface area is 142 Å². The summed E-state index contributed by atoms with van der Waals surface area (Å²) in [6.45, 7) is 0.000496. The van der Waals surface area contributed by atoms with E-state index in [0.29, 0.717) is 5.56 Å². The largest absolute Gasteiger partial charge is 0.504 e. The lowest BCUT2D eigenvalue weighted by molar-refractivity contribution is -0.254. The molecule has 1 saturated carbocycles. The highest BCUT2D eigenvalue weighted by Crippen LogP contribution is 2.31. The fourth-order valence-corrected chi connectivity index (χ4v) is 2.51. The maximum atomic E-state index is 11.9. The van der Waals surface area contributed by atoms with Crippen LogP contribution in [-0.4, -0.2) is 62.1 Å².